The van der Waals surface area contributed by atoms with Crippen LogP contribution in [-0.2, 0) is 14.3 Å². The van der Waals surface area contributed by atoms with Gasteiger partial charge in [0.1, 0.15) is 6.04 Å². The minimum Gasteiger partial charge on any atom is -0.431 e. The van der Waals surface area contributed by atoms with Gasteiger partial charge in [-0.1, -0.05) is 41.3 Å². The number of hydrogen-bond donors (Lipinski definition) is 1. The fraction of sp³-hybridized carbons (Fsp3) is 0.611. The third-order valence-electron chi connectivity index (χ3n) is 5.45. The number of carbonyl (C=O) groups excluding carboxylic acids is 1. The maximum Gasteiger partial charge on any atom is 0.331 e. The number of hydrogen-bond acceptors (Lipinski definition) is 4. The fourth-order valence-corrected chi connectivity index (χ4v) is 4.76. The summed E-state index contributed by atoms with van der Waals surface area (Å²) in [5, 5.41) is 3.29. The number of carbonyl (C=O) groups is 1. The predicted octanol–water partition coefficient (Wildman–Crippen LogP) is 4.24. The summed E-state index contributed by atoms with van der Waals surface area (Å²) in [6, 6.07) is 7.51. The topological polar surface area (TPSA) is 47.6 Å². The normalized spacial score (nSPS) is 32.4. The van der Waals surface area contributed by atoms with Crippen molar-refractivity contribution in [3.05, 3.63) is 28.7 Å². The van der Waals surface area contributed by atoms with Gasteiger partial charge in [-0.2, -0.15) is 0 Å². The van der Waals surface area contributed by atoms with Crippen LogP contribution in [0.3, 0.4) is 0 Å². The molecule has 23 heavy (non-hydrogen) atoms. The number of rotatable bonds is 2. The second-order valence-electron chi connectivity index (χ2n) is 7.27. The van der Waals surface area contributed by atoms with E-state index in [1.165, 1.54) is 32.1 Å². The van der Waals surface area contributed by atoms with E-state index in [2.05, 4.69) is 21.2 Å². The van der Waals surface area contributed by atoms with Gasteiger partial charge in [-0.3, -0.25) is 0 Å². The number of halogens is 1. The molecule has 1 N–H and O–H groups in total. The second kappa shape index (κ2) is 5.78. The predicted molar refractivity (Wildman–Crippen MR) is 91.1 cm³/mol. The maximum absolute atomic E-state index is 12.3. The fourth-order valence-electron chi connectivity index (χ4n) is 4.36. The molecule has 1 aromatic rings. The third kappa shape index (κ3) is 3.01. The zero-order valence-corrected chi connectivity index (χ0v) is 14.7. The van der Waals surface area contributed by atoms with Crippen molar-refractivity contribution in [1.29, 1.82) is 0 Å². The summed E-state index contributed by atoms with van der Waals surface area (Å²) in [5.41, 5.74) is 1.16. The molecule has 4 nitrogen and oxygen atoms in total. The molecule has 1 aromatic carbocycles. The molecule has 0 aromatic heterocycles. The molecule has 2 atom stereocenters. The molecule has 2 spiro atoms. The monoisotopic (exact) mass is 379 g/mol. The van der Waals surface area contributed by atoms with Crippen molar-refractivity contribution in [2.45, 2.75) is 56.8 Å². The van der Waals surface area contributed by atoms with E-state index < -0.39 is 5.79 Å². The molecule has 2 saturated heterocycles. The van der Waals surface area contributed by atoms with Crippen molar-refractivity contribution in [2.24, 2.45) is 5.41 Å². The van der Waals surface area contributed by atoms with E-state index in [9.17, 15) is 4.79 Å². The molecule has 0 radical (unpaired) electrons. The summed E-state index contributed by atoms with van der Waals surface area (Å²) >= 11 is 3.45. The molecule has 3 aliphatic rings. The lowest BCUT2D eigenvalue weighted by Gasteiger charge is -2.32. The van der Waals surface area contributed by atoms with E-state index in [0.717, 1.165) is 23.2 Å². The first-order chi connectivity index (χ1) is 11.1. The highest BCUT2D eigenvalue weighted by Gasteiger charge is 2.57. The van der Waals surface area contributed by atoms with E-state index in [0.29, 0.717) is 6.42 Å². The molecule has 0 amide bonds. The highest BCUT2D eigenvalue weighted by Crippen LogP contribution is 2.52. The Bertz CT molecular complexity index is 614. The molecule has 2 heterocycles. The Balaban J connectivity index is 1.46. The van der Waals surface area contributed by atoms with E-state index in [-0.39, 0.29) is 17.4 Å². The van der Waals surface area contributed by atoms with E-state index in [1.54, 1.807) is 0 Å². The molecule has 1 saturated carbocycles. The quantitative estimate of drug-likeness (QED) is 0.780. The number of benzene rings is 1. The van der Waals surface area contributed by atoms with Crippen molar-refractivity contribution in [3.8, 4) is 0 Å². The Morgan fingerprint density at radius 2 is 2.04 bits per heavy atom. The molecular weight excluding hydrogens is 358 g/mol. The van der Waals surface area contributed by atoms with Gasteiger partial charge in [0, 0.05) is 28.4 Å². The van der Waals surface area contributed by atoms with E-state index >= 15 is 0 Å². The van der Waals surface area contributed by atoms with Crippen LogP contribution in [0.15, 0.2) is 28.7 Å². The van der Waals surface area contributed by atoms with Gasteiger partial charge in [0.15, 0.2) is 0 Å². The number of ether oxygens (including phenoxy) is 2. The summed E-state index contributed by atoms with van der Waals surface area (Å²) in [6.45, 7) is 0.740. The standard InChI is InChI=1S/C18H22BrNO3/c19-13-5-4-6-14(9-13)20-15-10-18(23-16(15)21)11-17(12-22-18)7-2-1-3-8-17/h4-6,9,15,20H,1-3,7-8,10-12H2. The maximum atomic E-state index is 12.3. The van der Waals surface area contributed by atoms with Gasteiger partial charge in [-0.25, -0.2) is 4.79 Å². The average Bonchev–Trinajstić information content (AvgIpc) is 3.00. The SMILES string of the molecule is O=C1OC2(CC1Nc1cccc(Br)c1)CC1(CCCCC1)CO2. The first kappa shape index (κ1) is 15.5. The Morgan fingerprint density at radius 1 is 1.22 bits per heavy atom. The first-order valence-electron chi connectivity index (χ1n) is 8.47. The van der Waals surface area contributed by atoms with E-state index in [4.69, 9.17) is 9.47 Å². The van der Waals surface area contributed by atoms with Crippen molar-refractivity contribution in [1.82, 2.24) is 0 Å². The molecule has 3 fully saturated rings. The smallest absolute Gasteiger partial charge is 0.331 e. The molecular formula is C18H22BrNO3. The Morgan fingerprint density at radius 3 is 2.83 bits per heavy atom. The molecule has 2 aliphatic heterocycles. The van der Waals surface area contributed by atoms with E-state index in [1.807, 2.05) is 24.3 Å². The van der Waals surface area contributed by atoms with Crippen molar-refractivity contribution in [2.75, 3.05) is 11.9 Å². The minimum absolute atomic E-state index is 0.196. The van der Waals surface area contributed by atoms with Gasteiger partial charge in [0.25, 0.3) is 0 Å². The van der Waals surface area contributed by atoms with Crippen LogP contribution in [0.2, 0.25) is 0 Å². The van der Waals surface area contributed by atoms with Gasteiger partial charge in [-0.05, 0) is 31.0 Å². The largest absolute Gasteiger partial charge is 0.431 e. The Kier molecular flexibility index (Phi) is 3.88. The summed E-state index contributed by atoms with van der Waals surface area (Å²) in [7, 11) is 0. The van der Waals surface area contributed by atoms with Crippen LogP contribution in [0, 0.1) is 5.41 Å². The van der Waals surface area contributed by atoms with Gasteiger partial charge < -0.3 is 14.8 Å². The molecule has 1 aliphatic carbocycles. The zero-order chi connectivity index (χ0) is 15.9. The van der Waals surface area contributed by atoms with Crippen LogP contribution in [-0.4, -0.2) is 24.4 Å². The highest BCUT2D eigenvalue weighted by atomic mass is 79.9. The van der Waals surface area contributed by atoms with Crippen molar-refractivity contribution in [3.63, 3.8) is 0 Å². The summed E-state index contributed by atoms with van der Waals surface area (Å²) in [6.07, 6.45) is 7.73. The second-order valence-corrected chi connectivity index (χ2v) is 8.18. The van der Waals surface area contributed by atoms with Crippen LogP contribution in [0.4, 0.5) is 5.69 Å². The molecule has 4 rings (SSSR count). The van der Waals surface area contributed by atoms with Gasteiger partial charge >= 0.3 is 5.97 Å². The third-order valence-corrected chi connectivity index (χ3v) is 5.94. The Labute approximate surface area is 145 Å². The van der Waals surface area contributed by atoms with Gasteiger partial charge in [0.05, 0.1) is 6.61 Å². The van der Waals surface area contributed by atoms with Gasteiger partial charge in [-0.15, -0.1) is 0 Å². The highest BCUT2D eigenvalue weighted by molar-refractivity contribution is 9.10. The van der Waals surface area contributed by atoms with Crippen molar-refractivity contribution < 1.29 is 14.3 Å². The first-order valence-corrected chi connectivity index (χ1v) is 9.27. The Hall–Kier alpha value is -1.07. The lowest BCUT2D eigenvalue weighted by Crippen LogP contribution is -2.30. The van der Waals surface area contributed by atoms with Crippen LogP contribution in [0.5, 0.6) is 0 Å². The molecule has 0 bridgehead atoms. The summed E-state index contributed by atoms with van der Waals surface area (Å²) in [5.74, 6) is -0.893. The minimum atomic E-state index is -0.696. The molecule has 2 unspecified atom stereocenters. The molecule has 5 heteroatoms. The number of nitrogens with one attached hydrogen (secondary N) is 1. The summed E-state index contributed by atoms with van der Waals surface area (Å²) in [4.78, 5) is 12.3. The number of anilines is 1. The lowest BCUT2D eigenvalue weighted by atomic mass is 9.72. The van der Waals surface area contributed by atoms with Crippen LogP contribution in [0.25, 0.3) is 0 Å². The van der Waals surface area contributed by atoms with Crippen LogP contribution < -0.4 is 5.32 Å². The van der Waals surface area contributed by atoms with Crippen molar-refractivity contribution >= 4 is 27.6 Å². The summed E-state index contributed by atoms with van der Waals surface area (Å²) < 4.78 is 12.8. The lowest BCUT2D eigenvalue weighted by molar-refractivity contribution is -0.192. The average molecular weight is 380 g/mol. The van der Waals surface area contributed by atoms with Crippen LogP contribution in [0.1, 0.15) is 44.9 Å². The zero-order valence-electron chi connectivity index (χ0n) is 13.1. The number of esters is 1. The van der Waals surface area contributed by atoms with Gasteiger partial charge in [0.2, 0.25) is 5.79 Å². The molecule has 124 valence electrons. The van der Waals surface area contributed by atoms with Crippen LogP contribution >= 0.6 is 15.9 Å².